The second-order valence-corrected chi connectivity index (χ2v) is 15.1. The predicted octanol–water partition coefficient (Wildman–Crippen LogP) is 11.0. The van der Waals surface area contributed by atoms with E-state index in [4.69, 9.17) is 13.8 Å². The second kappa shape index (κ2) is 38.0. The molecule has 0 heterocycles. The molecule has 0 radical (unpaired) electrons. The number of aliphatic hydroxyl groups is 1. The molecule has 0 aliphatic carbocycles. The van der Waals surface area contributed by atoms with Crippen molar-refractivity contribution in [2.24, 2.45) is 0 Å². The van der Waals surface area contributed by atoms with E-state index in [0.717, 1.165) is 57.8 Å². The third kappa shape index (κ3) is 39.3. The maximum Gasteiger partial charge on any atom is 0.472 e. The highest BCUT2D eigenvalue weighted by Gasteiger charge is 2.23. The zero-order valence-corrected chi connectivity index (χ0v) is 33.4. The molecule has 0 aromatic heterocycles. The predicted molar refractivity (Wildman–Crippen MR) is 211 cm³/mol. The lowest BCUT2D eigenvalue weighted by molar-refractivity contribution is -0.147. The van der Waals surface area contributed by atoms with E-state index in [2.05, 4.69) is 55.6 Å². The smallest absolute Gasteiger partial charge is 0.463 e. The summed E-state index contributed by atoms with van der Waals surface area (Å²) in [4.78, 5) is 33.7. The summed E-state index contributed by atoms with van der Waals surface area (Å²) in [5.74, 6) is -0.526. The minimum Gasteiger partial charge on any atom is -0.463 e. The highest BCUT2D eigenvalue weighted by atomic mass is 31.2. The molecule has 2 atom stereocenters. The van der Waals surface area contributed by atoms with Crippen LogP contribution in [0.25, 0.3) is 0 Å². The summed E-state index contributed by atoms with van der Waals surface area (Å²) in [5, 5.41) is 12.6. The summed E-state index contributed by atoms with van der Waals surface area (Å²) in [5.41, 5.74) is 0. The number of allylic oxidation sites excluding steroid dienone is 6. The third-order valence-corrected chi connectivity index (χ3v) is 9.56. The van der Waals surface area contributed by atoms with Crippen LogP contribution in [0, 0.1) is 0 Å². The lowest BCUT2D eigenvalue weighted by Gasteiger charge is -2.15. The Balaban J connectivity index is 3.60. The lowest BCUT2D eigenvalue weighted by Crippen LogP contribution is -2.27. The van der Waals surface area contributed by atoms with E-state index in [-0.39, 0.29) is 32.1 Å². The maximum absolute atomic E-state index is 12.1. The SMILES string of the molecule is CCCCC/C=C\C/C=C\C/C=C\CCCCCCCCCCC(=O)NCCOP(=O)(O)OCC(O)COC(=O)CCCCCCCCCCC. The Morgan fingerprint density at radius 3 is 1.63 bits per heavy atom. The van der Waals surface area contributed by atoms with Crippen LogP contribution in [0.4, 0.5) is 0 Å². The Hall–Kier alpha value is -1.77. The molecule has 0 fully saturated rings. The molecule has 0 aromatic rings. The Labute approximate surface area is 312 Å². The quantitative estimate of drug-likeness (QED) is 0.0247. The lowest BCUT2D eigenvalue weighted by atomic mass is 10.1. The van der Waals surface area contributed by atoms with Gasteiger partial charge in [-0.25, -0.2) is 4.57 Å². The van der Waals surface area contributed by atoms with Gasteiger partial charge in [-0.1, -0.05) is 153 Å². The number of aliphatic hydroxyl groups excluding tert-OH is 1. The number of carbonyl (C=O) groups excluding carboxylic acids is 2. The van der Waals surface area contributed by atoms with E-state index in [0.29, 0.717) is 6.42 Å². The minimum atomic E-state index is -4.41. The second-order valence-electron chi connectivity index (χ2n) is 13.6. The van der Waals surface area contributed by atoms with Gasteiger partial charge in [0.2, 0.25) is 5.91 Å². The van der Waals surface area contributed by atoms with Gasteiger partial charge in [-0.15, -0.1) is 0 Å². The molecule has 298 valence electrons. The molecule has 0 bridgehead atoms. The van der Waals surface area contributed by atoms with Crippen LogP contribution in [0.1, 0.15) is 181 Å². The number of phosphoric acid groups is 1. The molecular formula is C41H76NO8P. The van der Waals surface area contributed by atoms with E-state index in [1.807, 2.05) is 0 Å². The molecular weight excluding hydrogens is 665 g/mol. The monoisotopic (exact) mass is 742 g/mol. The molecule has 3 N–H and O–H groups in total. The summed E-state index contributed by atoms with van der Waals surface area (Å²) in [6.07, 6.45) is 40.8. The van der Waals surface area contributed by atoms with Crippen molar-refractivity contribution in [3.63, 3.8) is 0 Å². The van der Waals surface area contributed by atoms with Crippen molar-refractivity contribution < 1.29 is 37.9 Å². The average molecular weight is 742 g/mol. The van der Waals surface area contributed by atoms with Gasteiger partial charge in [-0.05, 0) is 51.4 Å². The normalized spacial score (nSPS) is 13.7. The van der Waals surface area contributed by atoms with Crippen LogP contribution in [0.3, 0.4) is 0 Å². The maximum atomic E-state index is 12.1. The van der Waals surface area contributed by atoms with E-state index in [9.17, 15) is 24.2 Å². The van der Waals surface area contributed by atoms with Crippen molar-refractivity contribution in [2.45, 2.75) is 187 Å². The number of rotatable bonds is 38. The largest absolute Gasteiger partial charge is 0.472 e. The van der Waals surface area contributed by atoms with E-state index >= 15 is 0 Å². The number of nitrogens with one attached hydrogen (secondary N) is 1. The fraction of sp³-hybridized carbons (Fsp3) is 0.805. The van der Waals surface area contributed by atoms with Gasteiger partial charge in [0, 0.05) is 19.4 Å². The first kappa shape index (κ1) is 49.2. The standard InChI is InChI=1S/C41H76NO8P/c1-3-5-7-9-11-13-14-15-16-17-18-19-20-21-22-23-24-26-27-29-31-33-40(44)42-35-36-49-51(46,47)50-38-39(43)37-48-41(45)34-32-30-28-25-12-10-8-6-4-2/h11,13,15-16,18-19,39,43H,3-10,12,14,17,20-38H2,1-2H3,(H,42,44)(H,46,47)/b13-11-,16-15-,19-18-. The molecule has 9 nitrogen and oxygen atoms in total. The first-order valence-corrected chi connectivity index (χ1v) is 22.0. The van der Waals surface area contributed by atoms with Crippen molar-refractivity contribution in [3.05, 3.63) is 36.5 Å². The molecule has 0 saturated carbocycles. The van der Waals surface area contributed by atoms with Gasteiger partial charge in [-0.3, -0.25) is 18.6 Å². The van der Waals surface area contributed by atoms with Crippen LogP contribution in [0.15, 0.2) is 36.5 Å². The van der Waals surface area contributed by atoms with Crippen LogP contribution in [-0.2, 0) is 27.9 Å². The average Bonchev–Trinajstić information content (AvgIpc) is 3.11. The zero-order valence-electron chi connectivity index (χ0n) is 32.5. The van der Waals surface area contributed by atoms with E-state index in [1.165, 1.54) is 96.3 Å². The Morgan fingerprint density at radius 2 is 1.06 bits per heavy atom. The van der Waals surface area contributed by atoms with E-state index in [1.54, 1.807) is 0 Å². The number of esters is 1. The van der Waals surface area contributed by atoms with Crippen LogP contribution in [0.2, 0.25) is 0 Å². The third-order valence-electron chi connectivity index (χ3n) is 8.57. The van der Waals surface area contributed by atoms with Crippen molar-refractivity contribution in [1.82, 2.24) is 5.32 Å². The molecule has 0 aliphatic rings. The number of hydrogen-bond acceptors (Lipinski definition) is 7. The topological polar surface area (TPSA) is 131 Å². The van der Waals surface area contributed by atoms with E-state index < -0.39 is 26.5 Å². The van der Waals surface area contributed by atoms with Gasteiger partial charge in [-0.2, -0.15) is 0 Å². The number of hydrogen-bond donors (Lipinski definition) is 3. The summed E-state index contributed by atoms with van der Waals surface area (Å²) in [6, 6.07) is 0. The van der Waals surface area contributed by atoms with Crippen LogP contribution < -0.4 is 5.32 Å². The van der Waals surface area contributed by atoms with Crippen molar-refractivity contribution in [2.75, 3.05) is 26.4 Å². The fourth-order valence-electron chi connectivity index (χ4n) is 5.45. The van der Waals surface area contributed by atoms with Gasteiger partial charge in [0.25, 0.3) is 0 Å². The Kier molecular flexibility index (Phi) is 36.7. The van der Waals surface area contributed by atoms with Crippen molar-refractivity contribution in [1.29, 1.82) is 0 Å². The van der Waals surface area contributed by atoms with Gasteiger partial charge in [0.1, 0.15) is 12.7 Å². The number of carbonyl (C=O) groups is 2. The summed E-state index contributed by atoms with van der Waals surface area (Å²) < 4.78 is 26.7. The summed E-state index contributed by atoms with van der Waals surface area (Å²) in [7, 11) is -4.41. The summed E-state index contributed by atoms with van der Waals surface area (Å²) >= 11 is 0. The van der Waals surface area contributed by atoms with Gasteiger partial charge < -0.3 is 20.1 Å². The molecule has 0 aliphatic heterocycles. The fourth-order valence-corrected chi connectivity index (χ4v) is 6.20. The molecule has 51 heavy (non-hydrogen) atoms. The van der Waals surface area contributed by atoms with Gasteiger partial charge in [0.05, 0.1) is 13.2 Å². The first-order valence-electron chi connectivity index (χ1n) is 20.5. The van der Waals surface area contributed by atoms with Crippen LogP contribution in [-0.4, -0.2) is 54.3 Å². The molecule has 1 amide bonds. The van der Waals surface area contributed by atoms with Crippen molar-refractivity contribution >= 4 is 19.7 Å². The number of unbranched alkanes of at least 4 members (excludes halogenated alkanes) is 19. The molecule has 10 heteroatoms. The van der Waals surface area contributed by atoms with Gasteiger partial charge >= 0.3 is 13.8 Å². The first-order chi connectivity index (χ1) is 24.8. The molecule has 0 rings (SSSR count). The van der Waals surface area contributed by atoms with Crippen molar-refractivity contribution in [3.8, 4) is 0 Å². The molecule has 0 aromatic carbocycles. The van der Waals surface area contributed by atoms with Crippen LogP contribution in [0.5, 0.6) is 0 Å². The number of ether oxygens (including phenoxy) is 1. The minimum absolute atomic E-state index is 0.0779. The number of amides is 1. The Bertz CT molecular complexity index is 939. The molecule has 0 spiro atoms. The molecule has 2 unspecified atom stereocenters. The summed E-state index contributed by atoms with van der Waals surface area (Å²) in [6.45, 7) is 3.49. The number of phosphoric ester groups is 1. The highest BCUT2D eigenvalue weighted by Crippen LogP contribution is 2.42. The molecule has 0 saturated heterocycles. The van der Waals surface area contributed by atoms with Gasteiger partial charge in [0.15, 0.2) is 0 Å². The zero-order chi connectivity index (χ0) is 37.5. The van der Waals surface area contributed by atoms with Crippen LogP contribution >= 0.6 is 7.82 Å². The highest BCUT2D eigenvalue weighted by molar-refractivity contribution is 7.47. The Morgan fingerprint density at radius 1 is 0.608 bits per heavy atom.